The number of benzene rings is 1. The summed E-state index contributed by atoms with van der Waals surface area (Å²) in [6.07, 6.45) is 1.70. The predicted molar refractivity (Wildman–Crippen MR) is 61.0 cm³/mol. The maximum absolute atomic E-state index is 5.26. The van der Waals surface area contributed by atoms with Crippen molar-refractivity contribution in [3.8, 4) is 5.75 Å². The Morgan fingerprint density at radius 2 is 1.94 bits per heavy atom. The van der Waals surface area contributed by atoms with E-state index in [1.165, 1.54) is 5.56 Å². The minimum atomic E-state index is 0.874. The summed E-state index contributed by atoms with van der Waals surface area (Å²) in [5.74, 6) is 1.91. The molecule has 0 saturated carbocycles. The molecule has 0 aliphatic rings. The molecular formula is C13H16NO2+. The number of hydrogen-bond donors (Lipinski definition) is 1. The van der Waals surface area contributed by atoms with Crippen LogP contribution in [0.3, 0.4) is 0 Å². The van der Waals surface area contributed by atoms with Crippen molar-refractivity contribution in [3.05, 3.63) is 54.0 Å². The molecule has 0 aliphatic carbocycles. The molecule has 2 aromatic rings. The molecule has 1 aromatic carbocycles. The average molecular weight is 218 g/mol. The molecule has 2 N–H and O–H groups in total. The van der Waals surface area contributed by atoms with Crippen LogP contribution in [0, 0.1) is 0 Å². The molecule has 1 aromatic heterocycles. The van der Waals surface area contributed by atoms with Gasteiger partial charge in [-0.1, -0.05) is 0 Å². The van der Waals surface area contributed by atoms with Crippen LogP contribution >= 0.6 is 0 Å². The molecular weight excluding hydrogens is 202 g/mol. The first-order chi connectivity index (χ1) is 7.88. The van der Waals surface area contributed by atoms with Crippen LogP contribution in [0.15, 0.2) is 47.1 Å². The molecule has 3 nitrogen and oxygen atoms in total. The fraction of sp³-hybridized carbons (Fsp3) is 0.231. The van der Waals surface area contributed by atoms with Crippen LogP contribution in [-0.4, -0.2) is 7.11 Å². The summed E-state index contributed by atoms with van der Waals surface area (Å²) in [6, 6.07) is 12.0. The number of quaternary nitrogens is 1. The summed E-state index contributed by atoms with van der Waals surface area (Å²) < 4.78 is 10.4. The first-order valence-electron chi connectivity index (χ1n) is 5.35. The molecule has 0 atom stereocenters. The van der Waals surface area contributed by atoms with Gasteiger partial charge in [-0.3, -0.25) is 0 Å². The van der Waals surface area contributed by atoms with Crippen molar-refractivity contribution in [2.24, 2.45) is 0 Å². The third-order valence-electron chi connectivity index (χ3n) is 2.46. The normalized spacial score (nSPS) is 10.3. The van der Waals surface area contributed by atoms with Gasteiger partial charge in [0.1, 0.15) is 18.8 Å². The van der Waals surface area contributed by atoms with Crippen LogP contribution in [0.4, 0.5) is 0 Å². The van der Waals surface area contributed by atoms with Crippen LogP contribution < -0.4 is 10.1 Å². The highest BCUT2D eigenvalue weighted by atomic mass is 16.5. The van der Waals surface area contributed by atoms with E-state index in [0.717, 1.165) is 24.6 Å². The van der Waals surface area contributed by atoms with Gasteiger partial charge in [-0.05, 0) is 36.4 Å². The summed E-state index contributed by atoms with van der Waals surface area (Å²) in [6.45, 7) is 1.82. The lowest BCUT2D eigenvalue weighted by Crippen LogP contribution is -2.80. The van der Waals surface area contributed by atoms with Crippen LogP contribution in [-0.2, 0) is 13.1 Å². The van der Waals surface area contributed by atoms with Gasteiger partial charge in [0.15, 0.2) is 5.76 Å². The van der Waals surface area contributed by atoms with E-state index in [9.17, 15) is 0 Å². The molecule has 0 unspecified atom stereocenters. The Labute approximate surface area is 95.0 Å². The summed E-state index contributed by atoms with van der Waals surface area (Å²) in [5, 5.41) is 2.21. The maximum atomic E-state index is 5.26. The molecule has 3 heteroatoms. The van der Waals surface area contributed by atoms with Gasteiger partial charge in [0.05, 0.1) is 13.4 Å². The van der Waals surface area contributed by atoms with E-state index < -0.39 is 0 Å². The van der Waals surface area contributed by atoms with Gasteiger partial charge in [-0.25, -0.2) is 0 Å². The topological polar surface area (TPSA) is 39.0 Å². The quantitative estimate of drug-likeness (QED) is 0.827. The smallest absolute Gasteiger partial charge is 0.157 e. The van der Waals surface area contributed by atoms with Crippen LogP contribution in [0.5, 0.6) is 5.75 Å². The molecule has 0 fully saturated rings. The van der Waals surface area contributed by atoms with Crippen molar-refractivity contribution < 1.29 is 14.5 Å². The van der Waals surface area contributed by atoms with Crippen molar-refractivity contribution in [2.45, 2.75) is 13.1 Å². The fourth-order valence-corrected chi connectivity index (χ4v) is 1.57. The molecule has 84 valence electrons. The van der Waals surface area contributed by atoms with Crippen LogP contribution in [0.25, 0.3) is 0 Å². The number of hydrogen-bond acceptors (Lipinski definition) is 2. The average Bonchev–Trinajstić information content (AvgIpc) is 2.83. The Bertz CT molecular complexity index is 406. The molecule has 0 saturated heterocycles. The second-order valence-electron chi connectivity index (χ2n) is 3.62. The van der Waals surface area contributed by atoms with E-state index in [2.05, 4.69) is 17.4 Å². The molecule has 1 heterocycles. The van der Waals surface area contributed by atoms with Gasteiger partial charge in [-0.2, -0.15) is 0 Å². The highest BCUT2D eigenvalue weighted by Crippen LogP contribution is 2.10. The van der Waals surface area contributed by atoms with Gasteiger partial charge in [0, 0.05) is 5.56 Å². The van der Waals surface area contributed by atoms with Gasteiger partial charge in [0.2, 0.25) is 0 Å². The Morgan fingerprint density at radius 3 is 2.56 bits per heavy atom. The van der Waals surface area contributed by atoms with Gasteiger partial charge < -0.3 is 14.5 Å². The van der Waals surface area contributed by atoms with E-state index in [4.69, 9.17) is 9.15 Å². The molecule has 16 heavy (non-hydrogen) atoms. The first kappa shape index (κ1) is 10.8. The fourth-order valence-electron chi connectivity index (χ4n) is 1.57. The van der Waals surface area contributed by atoms with E-state index in [-0.39, 0.29) is 0 Å². The Kier molecular flexibility index (Phi) is 3.62. The van der Waals surface area contributed by atoms with Crippen molar-refractivity contribution in [3.63, 3.8) is 0 Å². The van der Waals surface area contributed by atoms with E-state index in [0.29, 0.717) is 0 Å². The first-order valence-corrected chi connectivity index (χ1v) is 5.35. The molecule has 0 radical (unpaired) electrons. The predicted octanol–water partition coefficient (Wildman–Crippen LogP) is 1.55. The molecule has 0 amide bonds. The molecule has 2 rings (SSSR count). The number of methoxy groups -OCH3 is 1. The SMILES string of the molecule is COc1ccc(C[NH2+]Cc2ccco2)cc1. The van der Waals surface area contributed by atoms with Crippen LogP contribution in [0.1, 0.15) is 11.3 Å². The monoisotopic (exact) mass is 218 g/mol. The minimum Gasteiger partial charge on any atom is -0.497 e. The van der Waals surface area contributed by atoms with E-state index >= 15 is 0 Å². The molecule has 0 spiro atoms. The van der Waals surface area contributed by atoms with E-state index in [1.54, 1.807) is 13.4 Å². The summed E-state index contributed by atoms with van der Waals surface area (Å²) in [7, 11) is 1.68. The van der Waals surface area contributed by atoms with Crippen molar-refractivity contribution >= 4 is 0 Å². The zero-order valence-corrected chi connectivity index (χ0v) is 9.35. The number of nitrogens with two attached hydrogens (primary N) is 1. The maximum Gasteiger partial charge on any atom is 0.157 e. The lowest BCUT2D eigenvalue weighted by atomic mass is 10.2. The van der Waals surface area contributed by atoms with Crippen LogP contribution in [0.2, 0.25) is 0 Å². The Balaban J connectivity index is 1.81. The largest absolute Gasteiger partial charge is 0.497 e. The minimum absolute atomic E-state index is 0.874. The zero-order chi connectivity index (χ0) is 11.2. The third-order valence-corrected chi connectivity index (χ3v) is 2.46. The lowest BCUT2D eigenvalue weighted by molar-refractivity contribution is -0.687. The van der Waals surface area contributed by atoms with Gasteiger partial charge in [-0.15, -0.1) is 0 Å². The third kappa shape index (κ3) is 2.87. The molecule has 0 aliphatic heterocycles. The summed E-state index contributed by atoms with van der Waals surface area (Å²) in [5.41, 5.74) is 1.28. The number of rotatable bonds is 5. The van der Waals surface area contributed by atoms with E-state index in [1.807, 2.05) is 24.3 Å². The molecule has 0 bridgehead atoms. The van der Waals surface area contributed by atoms with Crippen molar-refractivity contribution in [1.82, 2.24) is 0 Å². The standard InChI is InChI=1S/C13H15NO2/c1-15-12-6-4-11(5-7-12)9-14-10-13-3-2-8-16-13/h2-8,14H,9-10H2,1H3/p+1. The Hall–Kier alpha value is -1.74. The second kappa shape index (κ2) is 5.37. The highest BCUT2D eigenvalue weighted by molar-refractivity contribution is 5.26. The van der Waals surface area contributed by atoms with Crippen molar-refractivity contribution in [2.75, 3.05) is 7.11 Å². The van der Waals surface area contributed by atoms with Gasteiger partial charge in [0.25, 0.3) is 0 Å². The Morgan fingerprint density at radius 1 is 1.12 bits per heavy atom. The van der Waals surface area contributed by atoms with Crippen molar-refractivity contribution in [1.29, 1.82) is 0 Å². The lowest BCUT2D eigenvalue weighted by Gasteiger charge is -2.02. The number of furan rings is 1. The number of ether oxygens (including phenoxy) is 1. The summed E-state index contributed by atoms with van der Waals surface area (Å²) in [4.78, 5) is 0. The highest BCUT2D eigenvalue weighted by Gasteiger charge is 1.99. The summed E-state index contributed by atoms with van der Waals surface area (Å²) >= 11 is 0. The van der Waals surface area contributed by atoms with Gasteiger partial charge >= 0.3 is 0 Å². The second-order valence-corrected chi connectivity index (χ2v) is 3.62. The zero-order valence-electron chi connectivity index (χ0n) is 9.35.